The lowest BCUT2D eigenvalue weighted by Crippen LogP contribution is -2.22. The summed E-state index contributed by atoms with van der Waals surface area (Å²) in [5.74, 6) is 0.0743. The van der Waals surface area contributed by atoms with Crippen LogP contribution in [-0.4, -0.2) is 15.5 Å². The molecule has 0 aliphatic carbocycles. The second-order valence-corrected chi connectivity index (χ2v) is 6.78. The van der Waals surface area contributed by atoms with Crippen LogP contribution in [0.3, 0.4) is 0 Å². The minimum atomic E-state index is -0.377. The quantitative estimate of drug-likeness (QED) is 0.481. The predicted octanol–water partition coefficient (Wildman–Crippen LogP) is 4.39. The van der Waals surface area contributed by atoms with Crippen molar-refractivity contribution in [2.24, 2.45) is 4.99 Å². The first kappa shape index (κ1) is 19.5. The zero-order chi connectivity index (χ0) is 20.8. The van der Waals surface area contributed by atoms with Crippen LogP contribution in [0.5, 0.6) is 0 Å². The van der Waals surface area contributed by atoms with E-state index >= 15 is 0 Å². The molecule has 0 saturated heterocycles. The molecule has 0 fully saturated rings. The van der Waals surface area contributed by atoms with Crippen molar-refractivity contribution in [3.63, 3.8) is 0 Å². The molecule has 0 saturated carbocycles. The van der Waals surface area contributed by atoms with Crippen molar-refractivity contribution in [2.75, 3.05) is 0 Å². The largest absolute Gasteiger partial charge is 0.441 e. The van der Waals surface area contributed by atoms with E-state index < -0.39 is 0 Å². The predicted molar refractivity (Wildman–Crippen MR) is 111 cm³/mol. The van der Waals surface area contributed by atoms with E-state index in [1.807, 2.05) is 59.3 Å². The molecule has 30 heavy (non-hydrogen) atoms. The molecule has 2 aromatic heterocycles. The van der Waals surface area contributed by atoms with E-state index in [4.69, 9.17) is 4.42 Å². The molecule has 150 valence electrons. The Balaban J connectivity index is 1.44. The third-order valence-corrected chi connectivity index (χ3v) is 4.60. The van der Waals surface area contributed by atoms with Gasteiger partial charge in [0.2, 0.25) is 5.91 Å². The van der Waals surface area contributed by atoms with E-state index in [1.54, 1.807) is 18.2 Å². The second kappa shape index (κ2) is 9.13. The molecular formula is C24H20FN3O2. The van der Waals surface area contributed by atoms with Crippen molar-refractivity contribution in [2.45, 2.75) is 19.4 Å². The van der Waals surface area contributed by atoms with Gasteiger partial charge in [0.25, 0.3) is 0 Å². The summed E-state index contributed by atoms with van der Waals surface area (Å²) < 4.78 is 21.4. The Kier molecular flexibility index (Phi) is 5.94. The first-order valence-corrected chi connectivity index (χ1v) is 9.65. The van der Waals surface area contributed by atoms with Gasteiger partial charge in [-0.2, -0.15) is 4.99 Å². The summed E-state index contributed by atoms with van der Waals surface area (Å²) in [6.07, 6.45) is 3.81. The van der Waals surface area contributed by atoms with E-state index in [9.17, 15) is 9.18 Å². The van der Waals surface area contributed by atoms with Gasteiger partial charge in [-0.05, 0) is 29.8 Å². The Bertz CT molecular complexity index is 1210. The smallest absolute Gasteiger partial charge is 0.248 e. The van der Waals surface area contributed by atoms with E-state index in [1.165, 1.54) is 12.3 Å². The van der Waals surface area contributed by atoms with Crippen LogP contribution in [0.2, 0.25) is 0 Å². The summed E-state index contributed by atoms with van der Waals surface area (Å²) in [6, 6.07) is 21.9. The molecule has 0 unspecified atom stereocenters. The Hall–Kier alpha value is -3.80. The van der Waals surface area contributed by atoms with Crippen LogP contribution in [0.4, 0.5) is 4.39 Å². The Morgan fingerprint density at radius 1 is 1.00 bits per heavy atom. The molecular weight excluding hydrogens is 381 g/mol. The number of aryl methyl sites for hydroxylation is 1. The third kappa shape index (κ3) is 4.78. The molecule has 1 amide bonds. The maximum atomic E-state index is 13.9. The first-order chi connectivity index (χ1) is 14.7. The molecule has 5 nitrogen and oxygen atoms in total. The van der Waals surface area contributed by atoms with Crippen LogP contribution in [0, 0.1) is 5.82 Å². The molecule has 0 aliphatic heterocycles. The molecule has 2 aromatic carbocycles. The van der Waals surface area contributed by atoms with Crippen molar-refractivity contribution >= 4 is 5.91 Å². The maximum Gasteiger partial charge on any atom is 0.248 e. The molecule has 2 heterocycles. The molecule has 0 aliphatic rings. The molecule has 6 heteroatoms. The lowest BCUT2D eigenvalue weighted by molar-refractivity contribution is -0.118. The average Bonchev–Trinajstić information content (AvgIpc) is 3.24. The number of aromatic nitrogens is 2. The summed E-state index contributed by atoms with van der Waals surface area (Å²) in [4.78, 5) is 20.8. The molecule has 0 atom stereocenters. The van der Waals surface area contributed by atoms with Gasteiger partial charge in [-0.3, -0.25) is 4.79 Å². The van der Waals surface area contributed by atoms with Crippen molar-refractivity contribution in [3.8, 4) is 11.3 Å². The number of carbonyl (C=O) groups is 1. The molecule has 0 bridgehead atoms. The standard InChI is InChI=1S/C24H20FN3O2/c25-20-11-5-4-10-19(20)21-16-26-24(30-21)14-13-23(29)27-22-12-6-7-15-28(22)17-18-8-2-1-3-9-18/h1-12,15-16H,13-14,17H2. The highest BCUT2D eigenvalue weighted by atomic mass is 19.1. The Morgan fingerprint density at radius 2 is 1.77 bits per heavy atom. The fraction of sp³-hybridized carbons (Fsp3) is 0.125. The van der Waals surface area contributed by atoms with Gasteiger partial charge in [-0.15, -0.1) is 0 Å². The zero-order valence-electron chi connectivity index (χ0n) is 16.2. The number of halogens is 1. The van der Waals surface area contributed by atoms with Crippen LogP contribution in [0.15, 0.2) is 94.6 Å². The minimum Gasteiger partial charge on any atom is -0.441 e. The number of rotatable bonds is 6. The molecule has 4 rings (SSSR count). The van der Waals surface area contributed by atoms with E-state index in [0.717, 1.165) is 5.56 Å². The van der Waals surface area contributed by atoms with Crippen LogP contribution in [0.25, 0.3) is 11.3 Å². The minimum absolute atomic E-state index is 0.150. The molecule has 0 N–H and O–H groups in total. The van der Waals surface area contributed by atoms with Gasteiger partial charge in [0.15, 0.2) is 11.7 Å². The van der Waals surface area contributed by atoms with Crippen LogP contribution in [-0.2, 0) is 17.8 Å². The topological polar surface area (TPSA) is 60.4 Å². The number of oxazole rings is 1. The van der Waals surface area contributed by atoms with Crippen molar-refractivity contribution in [3.05, 3.63) is 108 Å². The highest BCUT2D eigenvalue weighted by Crippen LogP contribution is 2.23. The van der Waals surface area contributed by atoms with Gasteiger partial charge in [-0.1, -0.05) is 48.5 Å². The summed E-state index contributed by atoms with van der Waals surface area (Å²) >= 11 is 0. The van der Waals surface area contributed by atoms with E-state index in [-0.39, 0.29) is 18.1 Å². The molecule has 0 spiro atoms. The number of nitrogens with zero attached hydrogens (tertiary/aromatic N) is 3. The summed E-state index contributed by atoms with van der Waals surface area (Å²) in [5, 5.41) is 0. The van der Waals surface area contributed by atoms with Gasteiger partial charge in [-0.25, -0.2) is 9.37 Å². The number of hydrogen-bond acceptors (Lipinski definition) is 3. The van der Waals surface area contributed by atoms with Crippen LogP contribution in [0.1, 0.15) is 17.9 Å². The summed E-state index contributed by atoms with van der Waals surface area (Å²) in [7, 11) is 0. The van der Waals surface area contributed by atoms with Crippen LogP contribution < -0.4 is 5.49 Å². The monoisotopic (exact) mass is 401 g/mol. The fourth-order valence-electron chi connectivity index (χ4n) is 3.09. The van der Waals surface area contributed by atoms with Crippen molar-refractivity contribution in [1.82, 2.24) is 9.55 Å². The average molecular weight is 401 g/mol. The van der Waals surface area contributed by atoms with E-state index in [2.05, 4.69) is 9.98 Å². The normalized spacial score (nSPS) is 11.6. The van der Waals surface area contributed by atoms with Gasteiger partial charge in [0, 0.05) is 25.6 Å². The molecule has 4 aromatic rings. The number of hydrogen-bond donors (Lipinski definition) is 0. The van der Waals surface area contributed by atoms with Gasteiger partial charge in [0.05, 0.1) is 11.8 Å². The number of amides is 1. The SMILES string of the molecule is O=C(CCc1ncc(-c2ccccc2F)o1)N=c1ccccn1Cc1ccccc1. The Labute approximate surface area is 173 Å². The van der Waals surface area contributed by atoms with Crippen LogP contribution >= 0.6 is 0 Å². The summed E-state index contributed by atoms with van der Waals surface area (Å²) in [6.45, 7) is 0.625. The number of benzene rings is 2. The highest BCUT2D eigenvalue weighted by Gasteiger charge is 2.11. The van der Waals surface area contributed by atoms with Crippen molar-refractivity contribution < 1.29 is 13.6 Å². The van der Waals surface area contributed by atoms with Gasteiger partial charge < -0.3 is 8.98 Å². The molecule has 0 radical (unpaired) electrons. The lowest BCUT2D eigenvalue weighted by Gasteiger charge is -2.07. The Morgan fingerprint density at radius 3 is 2.60 bits per heavy atom. The second-order valence-electron chi connectivity index (χ2n) is 6.78. The summed E-state index contributed by atoms with van der Waals surface area (Å²) in [5.41, 5.74) is 2.06. The van der Waals surface area contributed by atoms with Crippen molar-refractivity contribution in [1.29, 1.82) is 0 Å². The number of pyridine rings is 1. The third-order valence-electron chi connectivity index (χ3n) is 4.60. The number of carbonyl (C=O) groups excluding carboxylic acids is 1. The zero-order valence-corrected chi connectivity index (χ0v) is 16.2. The lowest BCUT2D eigenvalue weighted by atomic mass is 10.2. The maximum absolute atomic E-state index is 13.9. The highest BCUT2D eigenvalue weighted by molar-refractivity contribution is 5.76. The van der Waals surface area contributed by atoms with Gasteiger partial charge >= 0.3 is 0 Å². The van der Waals surface area contributed by atoms with E-state index in [0.29, 0.717) is 35.7 Å². The first-order valence-electron chi connectivity index (χ1n) is 9.65. The van der Waals surface area contributed by atoms with Gasteiger partial charge in [0.1, 0.15) is 11.3 Å². The fourth-order valence-corrected chi connectivity index (χ4v) is 3.09.